The van der Waals surface area contributed by atoms with Gasteiger partial charge in [-0.05, 0) is 25.3 Å². The zero-order chi connectivity index (χ0) is 17.9. The Morgan fingerprint density at radius 3 is 2.85 bits per heavy atom. The predicted molar refractivity (Wildman–Crippen MR) is 98.8 cm³/mol. The second-order valence-electron chi connectivity index (χ2n) is 7.10. The van der Waals surface area contributed by atoms with Crippen LogP contribution in [0.5, 0.6) is 5.75 Å². The summed E-state index contributed by atoms with van der Waals surface area (Å²) < 4.78 is 7.77. The highest BCUT2D eigenvalue weighted by Gasteiger charge is 2.32. The molecule has 1 aromatic carbocycles. The number of piperidine rings is 1. The highest BCUT2D eigenvalue weighted by atomic mass is 16.5. The quantitative estimate of drug-likeness (QED) is 0.846. The summed E-state index contributed by atoms with van der Waals surface area (Å²) in [6, 6.07) is 8.21. The number of amides is 1. The van der Waals surface area contributed by atoms with Gasteiger partial charge in [-0.1, -0.05) is 18.2 Å². The molecule has 0 radical (unpaired) electrons. The Morgan fingerprint density at radius 2 is 2.04 bits per heavy atom. The van der Waals surface area contributed by atoms with E-state index in [1.165, 1.54) is 6.42 Å². The molecule has 1 atom stereocenters. The third-order valence-corrected chi connectivity index (χ3v) is 5.50. The van der Waals surface area contributed by atoms with Crippen molar-refractivity contribution in [1.29, 1.82) is 0 Å². The van der Waals surface area contributed by atoms with Crippen molar-refractivity contribution in [3.05, 3.63) is 48.0 Å². The van der Waals surface area contributed by atoms with E-state index in [-0.39, 0.29) is 11.9 Å². The number of aromatic nitrogens is 2. The van der Waals surface area contributed by atoms with Crippen LogP contribution in [0.1, 0.15) is 36.7 Å². The molecule has 0 bridgehead atoms. The maximum Gasteiger partial charge on any atom is 0.236 e. The van der Waals surface area contributed by atoms with Crippen molar-refractivity contribution in [2.75, 3.05) is 26.7 Å². The number of fused-ring (bicyclic) bond motifs is 1. The van der Waals surface area contributed by atoms with Gasteiger partial charge in [0.1, 0.15) is 11.6 Å². The SMILES string of the molecule is COc1ccccc1[C@@H]1Cn2ccnc2CN1CC(=O)N1CCCCC1. The standard InChI is InChI=1S/C20H26N4O2/c1-26-18-8-4-3-7-16(18)17-13-23-12-9-21-19(23)14-24(17)15-20(25)22-10-5-2-6-11-22/h3-4,7-9,12,17H,2,5-6,10-11,13-15H2,1H3/t17-/m0/s1. The van der Waals surface area contributed by atoms with Crippen LogP contribution in [0, 0.1) is 0 Å². The highest BCUT2D eigenvalue weighted by Crippen LogP contribution is 2.34. The van der Waals surface area contributed by atoms with Crippen molar-refractivity contribution in [2.24, 2.45) is 0 Å². The van der Waals surface area contributed by atoms with E-state index in [2.05, 4.69) is 20.5 Å². The van der Waals surface area contributed by atoms with Crippen LogP contribution in [-0.2, 0) is 17.9 Å². The van der Waals surface area contributed by atoms with Crippen LogP contribution < -0.4 is 4.74 Å². The van der Waals surface area contributed by atoms with Crippen molar-refractivity contribution in [1.82, 2.24) is 19.4 Å². The van der Waals surface area contributed by atoms with Crippen molar-refractivity contribution in [3.63, 3.8) is 0 Å². The lowest BCUT2D eigenvalue weighted by atomic mass is 10.0. The minimum Gasteiger partial charge on any atom is -0.496 e. The van der Waals surface area contributed by atoms with E-state index in [4.69, 9.17) is 4.74 Å². The van der Waals surface area contributed by atoms with Crippen molar-refractivity contribution >= 4 is 5.91 Å². The van der Waals surface area contributed by atoms with Gasteiger partial charge in [0.2, 0.25) is 5.91 Å². The first-order valence-electron chi connectivity index (χ1n) is 9.41. The molecule has 6 heteroatoms. The summed E-state index contributed by atoms with van der Waals surface area (Å²) in [7, 11) is 1.70. The zero-order valence-electron chi connectivity index (χ0n) is 15.3. The van der Waals surface area contributed by atoms with Crippen molar-refractivity contribution < 1.29 is 9.53 Å². The van der Waals surface area contributed by atoms with E-state index in [1.54, 1.807) is 7.11 Å². The summed E-state index contributed by atoms with van der Waals surface area (Å²) in [5, 5.41) is 0. The first kappa shape index (κ1) is 17.1. The monoisotopic (exact) mass is 354 g/mol. The third kappa shape index (κ3) is 3.33. The third-order valence-electron chi connectivity index (χ3n) is 5.50. The number of ether oxygens (including phenoxy) is 1. The number of hydrogen-bond donors (Lipinski definition) is 0. The van der Waals surface area contributed by atoms with Crippen LogP contribution in [0.2, 0.25) is 0 Å². The van der Waals surface area contributed by atoms with Crippen LogP contribution in [0.3, 0.4) is 0 Å². The fourth-order valence-electron chi connectivity index (χ4n) is 4.07. The number of benzene rings is 1. The lowest BCUT2D eigenvalue weighted by molar-refractivity contribution is -0.134. The Bertz CT molecular complexity index is 767. The van der Waals surface area contributed by atoms with Crippen molar-refractivity contribution in [3.8, 4) is 5.75 Å². The van der Waals surface area contributed by atoms with E-state index >= 15 is 0 Å². The minimum atomic E-state index is 0.0987. The highest BCUT2D eigenvalue weighted by molar-refractivity contribution is 5.78. The Hall–Kier alpha value is -2.34. The lowest BCUT2D eigenvalue weighted by Crippen LogP contribution is -2.46. The molecule has 138 valence electrons. The van der Waals surface area contributed by atoms with Gasteiger partial charge < -0.3 is 14.2 Å². The zero-order valence-corrected chi connectivity index (χ0v) is 15.3. The minimum absolute atomic E-state index is 0.0987. The molecule has 0 aliphatic carbocycles. The summed E-state index contributed by atoms with van der Waals surface area (Å²) >= 11 is 0. The van der Waals surface area contributed by atoms with Crippen LogP contribution in [0.15, 0.2) is 36.7 Å². The number of para-hydroxylation sites is 1. The fourth-order valence-corrected chi connectivity index (χ4v) is 4.07. The number of hydrogen-bond acceptors (Lipinski definition) is 4. The topological polar surface area (TPSA) is 50.6 Å². The normalized spacial score (nSPS) is 20.7. The van der Waals surface area contributed by atoms with E-state index in [0.717, 1.165) is 49.6 Å². The number of carbonyl (C=O) groups is 1. The summed E-state index contributed by atoms with van der Waals surface area (Å²) in [5.74, 6) is 2.11. The predicted octanol–water partition coefficient (Wildman–Crippen LogP) is 2.46. The number of likely N-dealkylation sites (tertiary alicyclic amines) is 1. The second-order valence-corrected chi connectivity index (χ2v) is 7.10. The van der Waals surface area contributed by atoms with E-state index in [9.17, 15) is 4.79 Å². The van der Waals surface area contributed by atoms with Gasteiger partial charge in [0.25, 0.3) is 0 Å². The van der Waals surface area contributed by atoms with Crippen molar-refractivity contribution in [2.45, 2.75) is 38.4 Å². The number of carbonyl (C=O) groups excluding carboxylic acids is 1. The van der Waals surface area contributed by atoms with E-state index < -0.39 is 0 Å². The summed E-state index contributed by atoms with van der Waals surface area (Å²) in [6.07, 6.45) is 7.32. The van der Waals surface area contributed by atoms with Gasteiger partial charge in [0.05, 0.1) is 26.2 Å². The number of imidazole rings is 1. The first-order valence-corrected chi connectivity index (χ1v) is 9.41. The Kier molecular flexibility index (Phi) is 4.93. The molecule has 1 fully saturated rings. The van der Waals surface area contributed by atoms with Gasteiger partial charge in [0.15, 0.2) is 0 Å². The van der Waals surface area contributed by atoms with Crippen LogP contribution in [0.4, 0.5) is 0 Å². The Balaban J connectivity index is 1.60. The molecule has 2 aliphatic heterocycles. The molecule has 0 spiro atoms. The second kappa shape index (κ2) is 7.50. The summed E-state index contributed by atoms with van der Waals surface area (Å²) in [4.78, 5) is 21.6. The molecule has 26 heavy (non-hydrogen) atoms. The molecule has 1 saturated heterocycles. The molecular weight excluding hydrogens is 328 g/mol. The molecule has 2 aromatic rings. The van der Waals surface area contributed by atoms with Gasteiger partial charge in [-0.15, -0.1) is 0 Å². The molecule has 2 aliphatic rings. The molecule has 1 amide bonds. The maximum absolute atomic E-state index is 12.9. The molecule has 4 rings (SSSR count). The van der Waals surface area contributed by atoms with Gasteiger partial charge >= 0.3 is 0 Å². The summed E-state index contributed by atoms with van der Waals surface area (Å²) in [5.41, 5.74) is 1.13. The molecule has 0 unspecified atom stereocenters. The lowest BCUT2D eigenvalue weighted by Gasteiger charge is -2.38. The van der Waals surface area contributed by atoms with Gasteiger partial charge in [0, 0.05) is 37.6 Å². The Morgan fingerprint density at radius 1 is 1.23 bits per heavy atom. The number of nitrogens with zero attached hydrogens (tertiary/aromatic N) is 4. The van der Waals surface area contributed by atoms with Gasteiger partial charge in [-0.25, -0.2) is 4.98 Å². The molecular formula is C20H26N4O2. The largest absolute Gasteiger partial charge is 0.496 e. The van der Waals surface area contributed by atoms with Crippen LogP contribution in [0.25, 0.3) is 0 Å². The molecule has 0 saturated carbocycles. The average molecular weight is 354 g/mol. The smallest absolute Gasteiger partial charge is 0.236 e. The number of methoxy groups -OCH3 is 1. The van der Waals surface area contributed by atoms with E-state index in [1.807, 2.05) is 35.5 Å². The van der Waals surface area contributed by atoms with E-state index in [0.29, 0.717) is 13.1 Å². The maximum atomic E-state index is 12.9. The fraction of sp³-hybridized carbons (Fsp3) is 0.500. The first-order chi connectivity index (χ1) is 12.8. The van der Waals surface area contributed by atoms with Gasteiger partial charge in [-0.2, -0.15) is 0 Å². The average Bonchev–Trinajstić information content (AvgIpc) is 3.15. The van der Waals surface area contributed by atoms with Crippen LogP contribution in [-0.4, -0.2) is 52.0 Å². The molecule has 6 nitrogen and oxygen atoms in total. The molecule has 0 N–H and O–H groups in total. The Labute approximate surface area is 154 Å². The summed E-state index contributed by atoms with van der Waals surface area (Å²) in [6.45, 7) is 3.66. The van der Waals surface area contributed by atoms with Gasteiger partial charge in [-0.3, -0.25) is 9.69 Å². The molecule has 3 heterocycles. The number of rotatable bonds is 4. The van der Waals surface area contributed by atoms with Crippen LogP contribution >= 0.6 is 0 Å². The molecule has 1 aromatic heterocycles.